The normalized spacial score (nSPS) is 12.7. The predicted molar refractivity (Wildman–Crippen MR) is 85.6 cm³/mol. The van der Waals surface area contributed by atoms with Gasteiger partial charge in [-0.25, -0.2) is 0 Å². The van der Waals surface area contributed by atoms with E-state index in [2.05, 4.69) is 72.2 Å². The maximum Gasteiger partial charge on any atom is 0.0491 e. The summed E-state index contributed by atoms with van der Waals surface area (Å²) in [6.45, 7) is 3.86. The zero-order valence-electron chi connectivity index (χ0n) is 11.8. The quantitative estimate of drug-likeness (QED) is 0.761. The van der Waals surface area contributed by atoms with Gasteiger partial charge in [0.05, 0.1) is 0 Å². The van der Waals surface area contributed by atoms with E-state index in [0.717, 1.165) is 6.54 Å². The first-order chi connectivity index (χ1) is 9.79. The number of nitrogens with two attached hydrogens (primary N) is 1. The fourth-order valence-electron chi connectivity index (χ4n) is 2.64. The molecule has 0 aliphatic rings. The van der Waals surface area contributed by atoms with Crippen molar-refractivity contribution in [2.24, 2.45) is 11.7 Å². The molecule has 1 unspecified atom stereocenters. The van der Waals surface area contributed by atoms with Gasteiger partial charge >= 0.3 is 0 Å². The molecule has 0 bridgehead atoms. The summed E-state index contributed by atoms with van der Waals surface area (Å²) in [5.41, 5.74) is 9.62. The molecular weight excluding hydrogens is 244 g/mol. The highest BCUT2D eigenvalue weighted by molar-refractivity contribution is 5.87. The van der Waals surface area contributed by atoms with Crippen LogP contribution in [0.4, 0.5) is 0 Å². The first-order valence-electron chi connectivity index (χ1n) is 7.13. The standard InChI is InChI=1S/C18H20N2/c1-14(12-19)13-20-17-10-6-5-9-16(17)11-18(20)15-7-3-2-4-8-15/h2-11,14H,12-13,19H2,1H3. The summed E-state index contributed by atoms with van der Waals surface area (Å²) >= 11 is 0. The first-order valence-corrected chi connectivity index (χ1v) is 7.13. The number of rotatable bonds is 4. The third kappa shape index (κ3) is 2.35. The smallest absolute Gasteiger partial charge is 0.0491 e. The maximum absolute atomic E-state index is 5.81. The van der Waals surface area contributed by atoms with Crippen LogP contribution < -0.4 is 5.73 Å². The van der Waals surface area contributed by atoms with Crippen molar-refractivity contribution in [3.8, 4) is 11.3 Å². The predicted octanol–water partition coefficient (Wildman–Crippen LogP) is 3.90. The monoisotopic (exact) mass is 264 g/mol. The van der Waals surface area contributed by atoms with Crippen molar-refractivity contribution in [3.63, 3.8) is 0 Å². The molecule has 2 heteroatoms. The van der Waals surface area contributed by atoms with Crippen LogP contribution >= 0.6 is 0 Å². The van der Waals surface area contributed by atoms with Crippen LogP contribution in [0.3, 0.4) is 0 Å². The average molecular weight is 264 g/mol. The maximum atomic E-state index is 5.81. The van der Waals surface area contributed by atoms with Crippen LogP contribution in [0, 0.1) is 5.92 Å². The second-order valence-corrected chi connectivity index (χ2v) is 5.41. The second kappa shape index (κ2) is 5.51. The molecular formula is C18H20N2. The lowest BCUT2D eigenvalue weighted by Gasteiger charge is -2.15. The molecule has 102 valence electrons. The Morgan fingerprint density at radius 2 is 1.70 bits per heavy atom. The highest BCUT2D eigenvalue weighted by atomic mass is 15.0. The number of aromatic nitrogens is 1. The van der Waals surface area contributed by atoms with E-state index in [1.807, 2.05) is 0 Å². The lowest BCUT2D eigenvalue weighted by molar-refractivity contribution is 0.504. The molecule has 2 nitrogen and oxygen atoms in total. The van der Waals surface area contributed by atoms with E-state index < -0.39 is 0 Å². The Bertz CT molecular complexity index is 698. The Hall–Kier alpha value is -2.06. The molecule has 3 aromatic rings. The van der Waals surface area contributed by atoms with Gasteiger partial charge in [0, 0.05) is 23.1 Å². The molecule has 0 saturated carbocycles. The van der Waals surface area contributed by atoms with Crippen molar-refractivity contribution < 1.29 is 0 Å². The van der Waals surface area contributed by atoms with Crippen LogP contribution in [-0.2, 0) is 6.54 Å². The van der Waals surface area contributed by atoms with Gasteiger partial charge in [0.15, 0.2) is 0 Å². The van der Waals surface area contributed by atoms with Gasteiger partial charge < -0.3 is 10.3 Å². The third-order valence-electron chi connectivity index (χ3n) is 3.78. The Labute approximate surface area is 119 Å². The van der Waals surface area contributed by atoms with Gasteiger partial charge in [0.1, 0.15) is 0 Å². The highest BCUT2D eigenvalue weighted by Gasteiger charge is 2.12. The van der Waals surface area contributed by atoms with Gasteiger partial charge in [-0.15, -0.1) is 0 Å². The van der Waals surface area contributed by atoms with Crippen molar-refractivity contribution >= 4 is 10.9 Å². The lowest BCUT2D eigenvalue weighted by Crippen LogP contribution is -2.17. The summed E-state index contributed by atoms with van der Waals surface area (Å²) in [7, 11) is 0. The van der Waals surface area contributed by atoms with Crippen molar-refractivity contribution in [2.45, 2.75) is 13.5 Å². The SMILES string of the molecule is CC(CN)Cn1c(-c2ccccc2)cc2ccccc21. The number of hydrogen-bond donors (Lipinski definition) is 1. The zero-order chi connectivity index (χ0) is 13.9. The molecule has 0 fully saturated rings. The molecule has 2 aromatic carbocycles. The number of para-hydroxylation sites is 1. The third-order valence-corrected chi connectivity index (χ3v) is 3.78. The van der Waals surface area contributed by atoms with E-state index in [-0.39, 0.29) is 0 Å². The molecule has 1 atom stereocenters. The van der Waals surface area contributed by atoms with Crippen LogP contribution in [0.25, 0.3) is 22.2 Å². The molecule has 1 aromatic heterocycles. The molecule has 0 aliphatic heterocycles. The second-order valence-electron chi connectivity index (χ2n) is 5.41. The van der Waals surface area contributed by atoms with Gasteiger partial charge in [0.25, 0.3) is 0 Å². The summed E-state index contributed by atoms with van der Waals surface area (Å²) < 4.78 is 2.39. The van der Waals surface area contributed by atoms with Crippen LogP contribution in [0.15, 0.2) is 60.7 Å². The van der Waals surface area contributed by atoms with Gasteiger partial charge in [-0.2, -0.15) is 0 Å². The van der Waals surface area contributed by atoms with E-state index >= 15 is 0 Å². The highest BCUT2D eigenvalue weighted by Crippen LogP contribution is 2.28. The zero-order valence-corrected chi connectivity index (χ0v) is 11.8. The Balaban J connectivity index is 2.17. The molecule has 3 rings (SSSR count). The summed E-state index contributed by atoms with van der Waals surface area (Å²) in [4.78, 5) is 0. The van der Waals surface area contributed by atoms with Crippen LogP contribution in [-0.4, -0.2) is 11.1 Å². The fourth-order valence-corrected chi connectivity index (χ4v) is 2.64. The molecule has 0 saturated heterocycles. The minimum absolute atomic E-state index is 0.466. The first kappa shape index (κ1) is 12.9. The van der Waals surface area contributed by atoms with E-state index in [9.17, 15) is 0 Å². The molecule has 0 radical (unpaired) electrons. The Kier molecular flexibility index (Phi) is 3.57. The molecule has 1 heterocycles. The number of benzene rings is 2. The van der Waals surface area contributed by atoms with Gasteiger partial charge in [-0.05, 0) is 30.2 Å². The summed E-state index contributed by atoms with van der Waals surface area (Å²) in [5.74, 6) is 0.466. The van der Waals surface area contributed by atoms with Crippen LogP contribution in [0.2, 0.25) is 0 Å². The average Bonchev–Trinajstić information content (AvgIpc) is 2.87. The minimum Gasteiger partial charge on any atom is -0.340 e. The molecule has 0 aliphatic carbocycles. The Morgan fingerprint density at radius 1 is 1.00 bits per heavy atom. The number of hydrogen-bond acceptors (Lipinski definition) is 1. The minimum atomic E-state index is 0.466. The molecule has 0 spiro atoms. The van der Waals surface area contributed by atoms with Gasteiger partial charge in [0.2, 0.25) is 0 Å². The van der Waals surface area contributed by atoms with E-state index in [4.69, 9.17) is 5.73 Å². The molecule has 2 N–H and O–H groups in total. The number of nitrogens with zero attached hydrogens (tertiary/aromatic N) is 1. The molecule has 0 amide bonds. The van der Waals surface area contributed by atoms with Crippen molar-refractivity contribution in [3.05, 3.63) is 60.7 Å². The summed E-state index contributed by atoms with van der Waals surface area (Å²) in [5, 5.41) is 1.29. The number of fused-ring (bicyclic) bond motifs is 1. The van der Waals surface area contributed by atoms with Crippen LogP contribution in [0.5, 0.6) is 0 Å². The van der Waals surface area contributed by atoms with E-state index in [1.165, 1.54) is 22.2 Å². The summed E-state index contributed by atoms with van der Waals surface area (Å²) in [6.07, 6.45) is 0. The van der Waals surface area contributed by atoms with E-state index in [1.54, 1.807) is 0 Å². The van der Waals surface area contributed by atoms with Crippen molar-refractivity contribution in [1.29, 1.82) is 0 Å². The largest absolute Gasteiger partial charge is 0.340 e. The fraction of sp³-hybridized carbons (Fsp3) is 0.222. The van der Waals surface area contributed by atoms with E-state index in [0.29, 0.717) is 12.5 Å². The van der Waals surface area contributed by atoms with Gasteiger partial charge in [-0.3, -0.25) is 0 Å². The topological polar surface area (TPSA) is 30.9 Å². The lowest BCUT2D eigenvalue weighted by atomic mass is 10.1. The summed E-state index contributed by atoms with van der Waals surface area (Å²) in [6, 6.07) is 21.4. The van der Waals surface area contributed by atoms with Crippen molar-refractivity contribution in [1.82, 2.24) is 4.57 Å². The molecule has 20 heavy (non-hydrogen) atoms. The van der Waals surface area contributed by atoms with Gasteiger partial charge in [-0.1, -0.05) is 55.5 Å². The Morgan fingerprint density at radius 3 is 2.45 bits per heavy atom. The van der Waals surface area contributed by atoms with Crippen LogP contribution in [0.1, 0.15) is 6.92 Å². The van der Waals surface area contributed by atoms with Crippen molar-refractivity contribution in [2.75, 3.05) is 6.54 Å².